The van der Waals surface area contributed by atoms with Crippen molar-refractivity contribution in [1.82, 2.24) is 4.90 Å². The Labute approximate surface area is 136 Å². The zero-order chi connectivity index (χ0) is 14.4. The first-order chi connectivity index (χ1) is 9.69. The smallest absolute Gasteiger partial charge is 0.128 e. The largest absolute Gasteiger partial charge is 0.294 e. The normalized spacial score (nSPS) is 11.0. The first kappa shape index (κ1) is 15.7. The molecule has 106 valence electrons. The van der Waals surface area contributed by atoms with Crippen molar-refractivity contribution in [1.29, 1.82) is 0 Å². The van der Waals surface area contributed by atoms with Gasteiger partial charge in [-0.1, -0.05) is 68.3 Å². The van der Waals surface area contributed by atoms with Crippen molar-refractivity contribution in [3.05, 3.63) is 69.9 Å². The molecular formula is C16H16Br2FN. The molecule has 2 aromatic carbocycles. The Morgan fingerprint density at radius 3 is 2.40 bits per heavy atom. The number of nitrogens with zero attached hydrogens (tertiary/aromatic N) is 1. The minimum Gasteiger partial charge on any atom is -0.294 e. The maximum Gasteiger partial charge on any atom is 0.128 e. The summed E-state index contributed by atoms with van der Waals surface area (Å²) in [6.45, 7) is 2.31. The third-order valence-corrected chi connectivity index (χ3v) is 3.91. The number of alkyl halides is 1. The number of benzene rings is 2. The van der Waals surface area contributed by atoms with Gasteiger partial charge in [0.25, 0.3) is 0 Å². The van der Waals surface area contributed by atoms with E-state index in [1.54, 1.807) is 0 Å². The number of rotatable bonds is 6. The summed E-state index contributed by atoms with van der Waals surface area (Å²) in [4.78, 5) is 2.23. The molecule has 1 nitrogen and oxygen atoms in total. The maximum atomic E-state index is 13.9. The molecule has 2 rings (SSSR count). The summed E-state index contributed by atoms with van der Waals surface area (Å²) in [5, 5.41) is 0.873. The van der Waals surface area contributed by atoms with Crippen molar-refractivity contribution >= 4 is 31.9 Å². The van der Waals surface area contributed by atoms with Crippen LogP contribution in [-0.2, 0) is 13.1 Å². The van der Waals surface area contributed by atoms with Crippen LogP contribution >= 0.6 is 31.9 Å². The minimum atomic E-state index is -0.160. The van der Waals surface area contributed by atoms with E-state index in [1.165, 1.54) is 11.6 Å². The highest BCUT2D eigenvalue weighted by Crippen LogP contribution is 2.18. The minimum absolute atomic E-state index is 0.160. The van der Waals surface area contributed by atoms with Gasteiger partial charge in [-0.15, -0.1) is 0 Å². The molecule has 0 N–H and O–H groups in total. The van der Waals surface area contributed by atoms with Gasteiger partial charge in [-0.25, -0.2) is 4.39 Å². The Kier molecular flexibility index (Phi) is 6.20. The van der Waals surface area contributed by atoms with Crippen molar-refractivity contribution in [2.45, 2.75) is 13.1 Å². The Hall–Kier alpha value is -0.710. The Morgan fingerprint density at radius 1 is 1.00 bits per heavy atom. The average Bonchev–Trinajstić information content (AvgIpc) is 2.43. The standard InChI is InChI=1S/C16H16Br2FN/c17-8-9-20(11-13-4-2-1-3-5-13)12-14-6-7-15(18)10-16(14)19/h1-7,10H,8-9,11-12H2. The van der Waals surface area contributed by atoms with E-state index in [2.05, 4.69) is 48.9 Å². The fraction of sp³-hybridized carbons (Fsp3) is 0.250. The summed E-state index contributed by atoms with van der Waals surface area (Å²) >= 11 is 6.75. The fourth-order valence-electron chi connectivity index (χ4n) is 2.07. The van der Waals surface area contributed by atoms with Crippen LogP contribution in [0.4, 0.5) is 4.39 Å². The van der Waals surface area contributed by atoms with Crippen molar-refractivity contribution < 1.29 is 4.39 Å². The van der Waals surface area contributed by atoms with E-state index >= 15 is 0 Å². The maximum absolute atomic E-state index is 13.9. The predicted molar refractivity (Wildman–Crippen MR) is 88.5 cm³/mol. The first-order valence-corrected chi connectivity index (χ1v) is 8.36. The van der Waals surface area contributed by atoms with Gasteiger partial charge in [-0.3, -0.25) is 4.90 Å². The van der Waals surface area contributed by atoms with Crippen molar-refractivity contribution in [3.8, 4) is 0 Å². The lowest BCUT2D eigenvalue weighted by atomic mass is 10.1. The molecule has 0 heterocycles. The van der Waals surface area contributed by atoms with Gasteiger partial charge >= 0.3 is 0 Å². The molecule has 0 saturated heterocycles. The lowest BCUT2D eigenvalue weighted by Crippen LogP contribution is -2.25. The third-order valence-electron chi connectivity index (χ3n) is 3.06. The van der Waals surface area contributed by atoms with Gasteiger partial charge in [-0.2, -0.15) is 0 Å². The van der Waals surface area contributed by atoms with Crippen LogP contribution in [0.25, 0.3) is 0 Å². The zero-order valence-corrected chi connectivity index (χ0v) is 14.2. The second-order valence-corrected chi connectivity index (χ2v) is 6.33. The Morgan fingerprint density at radius 2 is 1.75 bits per heavy atom. The molecule has 2 aromatic rings. The molecule has 0 radical (unpaired) electrons. The van der Waals surface area contributed by atoms with Crippen molar-refractivity contribution in [2.75, 3.05) is 11.9 Å². The fourth-order valence-corrected chi connectivity index (χ4v) is 2.90. The van der Waals surface area contributed by atoms with E-state index in [1.807, 2.05) is 30.3 Å². The van der Waals surface area contributed by atoms with Gasteiger partial charge in [0.2, 0.25) is 0 Å². The topological polar surface area (TPSA) is 3.24 Å². The van der Waals surface area contributed by atoms with Crippen LogP contribution < -0.4 is 0 Å². The first-order valence-electron chi connectivity index (χ1n) is 6.45. The van der Waals surface area contributed by atoms with Gasteiger partial charge in [0.1, 0.15) is 5.82 Å². The van der Waals surface area contributed by atoms with E-state index in [0.717, 1.165) is 28.5 Å². The molecule has 0 saturated carbocycles. The lowest BCUT2D eigenvalue weighted by Gasteiger charge is -2.22. The molecule has 0 unspecified atom stereocenters. The molecule has 0 spiro atoms. The quantitative estimate of drug-likeness (QED) is 0.617. The van der Waals surface area contributed by atoms with E-state index < -0.39 is 0 Å². The van der Waals surface area contributed by atoms with Gasteiger partial charge in [-0.05, 0) is 17.7 Å². The van der Waals surface area contributed by atoms with Crippen molar-refractivity contribution in [2.24, 2.45) is 0 Å². The van der Waals surface area contributed by atoms with Crippen molar-refractivity contribution in [3.63, 3.8) is 0 Å². The molecule has 0 aliphatic heterocycles. The predicted octanol–water partition coefficient (Wildman–Crippen LogP) is 4.99. The van der Waals surface area contributed by atoms with E-state index in [4.69, 9.17) is 0 Å². The van der Waals surface area contributed by atoms with Gasteiger partial charge < -0.3 is 0 Å². The lowest BCUT2D eigenvalue weighted by molar-refractivity contribution is 0.270. The molecule has 0 aliphatic carbocycles. The summed E-state index contributed by atoms with van der Waals surface area (Å²) in [5.74, 6) is -0.160. The van der Waals surface area contributed by atoms with Crippen LogP contribution in [0.15, 0.2) is 53.0 Å². The molecule has 4 heteroatoms. The average molecular weight is 401 g/mol. The van der Waals surface area contributed by atoms with E-state index in [0.29, 0.717) is 6.54 Å². The van der Waals surface area contributed by atoms with Crippen LogP contribution in [0.1, 0.15) is 11.1 Å². The van der Waals surface area contributed by atoms with Crippen LogP contribution in [0.3, 0.4) is 0 Å². The number of hydrogen-bond donors (Lipinski definition) is 0. The van der Waals surface area contributed by atoms with Crippen LogP contribution in [0, 0.1) is 5.82 Å². The summed E-state index contributed by atoms with van der Waals surface area (Å²) in [7, 11) is 0. The summed E-state index contributed by atoms with van der Waals surface area (Å²) in [6, 6.07) is 15.5. The Balaban J connectivity index is 2.09. The summed E-state index contributed by atoms with van der Waals surface area (Å²) < 4.78 is 14.7. The zero-order valence-electron chi connectivity index (χ0n) is 11.0. The highest BCUT2D eigenvalue weighted by atomic mass is 79.9. The van der Waals surface area contributed by atoms with Crippen LogP contribution in [-0.4, -0.2) is 16.8 Å². The molecule has 0 amide bonds. The van der Waals surface area contributed by atoms with Gasteiger partial charge in [0.15, 0.2) is 0 Å². The monoisotopic (exact) mass is 399 g/mol. The van der Waals surface area contributed by atoms with Crippen LogP contribution in [0.5, 0.6) is 0 Å². The molecule has 0 aromatic heterocycles. The van der Waals surface area contributed by atoms with Crippen LogP contribution in [0.2, 0.25) is 0 Å². The van der Waals surface area contributed by atoms with Gasteiger partial charge in [0.05, 0.1) is 0 Å². The molecule has 0 atom stereocenters. The molecular weight excluding hydrogens is 385 g/mol. The molecule has 0 aliphatic rings. The third kappa shape index (κ3) is 4.69. The highest BCUT2D eigenvalue weighted by Gasteiger charge is 2.10. The van der Waals surface area contributed by atoms with Gasteiger partial charge in [0, 0.05) is 35.0 Å². The number of hydrogen-bond acceptors (Lipinski definition) is 1. The number of halogens is 3. The highest BCUT2D eigenvalue weighted by molar-refractivity contribution is 9.10. The molecule has 20 heavy (non-hydrogen) atoms. The second-order valence-electron chi connectivity index (χ2n) is 4.62. The summed E-state index contributed by atoms with van der Waals surface area (Å²) in [5.41, 5.74) is 1.97. The summed E-state index contributed by atoms with van der Waals surface area (Å²) in [6.07, 6.45) is 0. The van der Waals surface area contributed by atoms with E-state index in [9.17, 15) is 4.39 Å². The SMILES string of the molecule is Fc1cc(Br)ccc1CN(CCBr)Cc1ccccc1. The van der Waals surface area contributed by atoms with E-state index in [-0.39, 0.29) is 5.82 Å². The molecule has 0 fully saturated rings. The Bertz CT molecular complexity index is 545. The second kappa shape index (κ2) is 7.91. The molecule has 0 bridgehead atoms.